The van der Waals surface area contributed by atoms with Crippen molar-refractivity contribution in [1.82, 2.24) is 5.43 Å². The minimum absolute atomic E-state index is 0.00536. The average molecular weight is 407 g/mol. The van der Waals surface area contributed by atoms with Gasteiger partial charge in [0.25, 0.3) is 11.6 Å². The molecule has 25 heavy (non-hydrogen) atoms. The maximum atomic E-state index is 11.8. The minimum atomic E-state index is -0.591. The van der Waals surface area contributed by atoms with E-state index in [2.05, 4.69) is 31.8 Å². The lowest BCUT2D eigenvalue weighted by Gasteiger charge is -2.06. The van der Waals surface area contributed by atoms with E-state index in [1.165, 1.54) is 6.07 Å². The summed E-state index contributed by atoms with van der Waals surface area (Å²) in [7, 11) is 0. The second kappa shape index (κ2) is 8.25. The molecule has 0 heterocycles. The molecule has 0 atom stereocenters. The van der Waals surface area contributed by atoms with E-state index >= 15 is 0 Å². The van der Waals surface area contributed by atoms with Crippen molar-refractivity contribution in [2.45, 2.75) is 6.92 Å². The number of nitrogens with one attached hydrogen (secondary N) is 2. The van der Waals surface area contributed by atoms with Crippen molar-refractivity contribution in [3.8, 4) is 5.75 Å². The Hall–Kier alpha value is -2.94. The third-order valence-electron chi connectivity index (χ3n) is 3.15. The number of hydrogen-bond acceptors (Lipinski definition) is 6. The molecule has 0 unspecified atom stereocenters. The van der Waals surface area contributed by atoms with Crippen LogP contribution in [0.4, 0.5) is 11.4 Å². The summed E-state index contributed by atoms with van der Waals surface area (Å²) in [5.41, 5.74) is 4.05. The van der Waals surface area contributed by atoms with Crippen LogP contribution in [-0.4, -0.2) is 28.7 Å². The van der Waals surface area contributed by atoms with Gasteiger partial charge in [-0.25, -0.2) is 5.43 Å². The Balaban J connectivity index is 1.96. The van der Waals surface area contributed by atoms with Crippen LogP contribution in [0.5, 0.6) is 5.75 Å². The highest BCUT2D eigenvalue weighted by molar-refractivity contribution is 9.10. The summed E-state index contributed by atoms with van der Waals surface area (Å²) in [5.74, 6) is -0.608. The van der Waals surface area contributed by atoms with Crippen LogP contribution in [0, 0.1) is 17.0 Å². The first-order valence-corrected chi connectivity index (χ1v) is 7.95. The lowest BCUT2D eigenvalue weighted by molar-refractivity contribution is -0.385. The zero-order valence-electron chi connectivity index (χ0n) is 13.2. The number of anilines is 1. The van der Waals surface area contributed by atoms with E-state index in [1.54, 1.807) is 0 Å². The molecule has 2 aromatic rings. The van der Waals surface area contributed by atoms with Gasteiger partial charge < -0.3 is 10.4 Å². The molecule has 130 valence electrons. The summed E-state index contributed by atoms with van der Waals surface area (Å²) in [4.78, 5) is 22.0. The van der Waals surface area contributed by atoms with Gasteiger partial charge in [-0.2, -0.15) is 5.10 Å². The number of phenolic OH excluding ortho intramolecular Hbond substituents is 1. The molecule has 0 saturated carbocycles. The fourth-order valence-corrected chi connectivity index (χ4v) is 2.42. The third-order valence-corrected chi connectivity index (χ3v) is 3.76. The molecule has 0 bridgehead atoms. The van der Waals surface area contributed by atoms with Gasteiger partial charge in [-0.05, 0) is 40.5 Å². The van der Waals surface area contributed by atoms with Gasteiger partial charge >= 0.3 is 0 Å². The summed E-state index contributed by atoms with van der Waals surface area (Å²) in [6, 6.07) is 9.88. The van der Waals surface area contributed by atoms with Gasteiger partial charge in [0.05, 0.1) is 22.2 Å². The number of benzene rings is 2. The van der Waals surface area contributed by atoms with E-state index < -0.39 is 10.8 Å². The Morgan fingerprint density at radius 1 is 1.40 bits per heavy atom. The molecular formula is C16H15BrN4O4. The quantitative estimate of drug-likeness (QED) is 0.387. The van der Waals surface area contributed by atoms with Gasteiger partial charge in [0.2, 0.25) is 0 Å². The van der Waals surface area contributed by atoms with Crippen molar-refractivity contribution in [2.24, 2.45) is 5.10 Å². The second-order valence-electron chi connectivity index (χ2n) is 5.14. The third kappa shape index (κ3) is 5.28. The van der Waals surface area contributed by atoms with E-state index in [4.69, 9.17) is 0 Å². The lowest BCUT2D eigenvalue weighted by Crippen LogP contribution is -2.25. The standard InChI is InChI=1S/C16H15BrN4O4/c1-10-3-2-4-12(5-10)18-9-15(22)20-19-8-11-6-13(21(24)25)7-14(17)16(11)23/h2-8,18,23H,9H2,1H3,(H,20,22). The number of nitro benzene ring substituents is 1. The van der Waals surface area contributed by atoms with E-state index in [1.807, 2.05) is 31.2 Å². The number of amides is 1. The maximum absolute atomic E-state index is 11.8. The molecule has 9 heteroatoms. The Bertz CT molecular complexity index is 839. The molecule has 2 rings (SSSR count). The zero-order valence-corrected chi connectivity index (χ0v) is 14.8. The fourth-order valence-electron chi connectivity index (χ4n) is 1.96. The normalized spacial score (nSPS) is 10.6. The molecule has 0 radical (unpaired) electrons. The first-order chi connectivity index (χ1) is 11.9. The summed E-state index contributed by atoms with van der Waals surface area (Å²) in [6.45, 7) is 1.95. The maximum Gasteiger partial charge on any atom is 0.271 e. The molecule has 0 fully saturated rings. The van der Waals surface area contributed by atoms with E-state index in [-0.39, 0.29) is 28.0 Å². The van der Waals surface area contributed by atoms with Gasteiger partial charge in [0.1, 0.15) is 5.75 Å². The number of nitrogens with zero attached hydrogens (tertiary/aromatic N) is 2. The molecule has 0 spiro atoms. The van der Waals surface area contributed by atoms with Gasteiger partial charge in [0, 0.05) is 23.4 Å². The van der Waals surface area contributed by atoms with E-state index in [0.717, 1.165) is 23.5 Å². The van der Waals surface area contributed by atoms with Crippen LogP contribution in [0.15, 0.2) is 46.0 Å². The van der Waals surface area contributed by atoms with Crippen molar-refractivity contribution >= 4 is 39.4 Å². The molecule has 0 aliphatic carbocycles. The highest BCUT2D eigenvalue weighted by Crippen LogP contribution is 2.31. The monoisotopic (exact) mass is 406 g/mol. The summed E-state index contributed by atoms with van der Waals surface area (Å²) in [5, 5.41) is 27.3. The van der Waals surface area contributed by atoms with Crippen LogP contribution in [0.2, 0.25) is 0 Å². The predicted octanol–water partition coefficient (Wildman–Crippen LogP) is 2.93. The smallest absolute Gasteiger partial charge is 0.271 e. The molecule has 0 saturated heterocycles. The number of non-ortho nitro benzene ring substituents is 1. The average Bonchev–Trinajstić information content (AvgIpc) is 2.56. The van der Waals surface area contributed by atoms with Gasteiger partial charge in [-0.1, -0.05) is 12.1 Å². The van der Waals surface area contributed by atoms with Gasteiger partial charge in [-0.15, -0.1) is 0 Å². The number of phenols is 1. The molecule has 0 aliphatic heterocycles. The van der Waals surface area contributed by atoms with Crippen LogP contribution in [0.3, 0.4) is 0 Å². The number of hydrazone groups is 1. The fraction of sp³-hybridized carbons (Fsp3) is 0.125. The van der Waals surface area contributed by atoms with E-state index in [0.29, 0.717) is 0 Å². The number of rotatable bonds is 6. The molecule has 0 aliphatic rings. The van der Waals surface area contributed by atoms with Crippen molar-refractivity contribution in [3.63, 3.8) is 0 Å². The Morgan fingerprint density at radius 2 is 2.16 bits per heavy atom. The van der Waals surface area contributed by atoms with Crippen LogP contribution in [0.1, 0.15) is 11.1 Å². The molecular weight excluding hydrogens is 392 g/mol. The molecule has 1 amide bonds. The summed E-state index contributed by atoms with van der Waals surface area (Å²) < 4.78 is 0.163. The summed E-state index contributed by atoms with van der Waals surface area (Å²) in [6.07, 6.45) is 1.14. The topological polar surface area (TPSA) is 117 Å². The zero-order chi connectivity index (χ0) is 18.4. The second-order valence-corrected chi connectivity index (χ2v) is 5.99. The lowest BCUT2D eigenvalue weighted by atomic mass is 10.2. The number of halogens is 1. The number of aryl methyl sites for hydroxylation is 1. The number of hydrogen-bond donors (Lipinski definition) is 3. The molecule has 3 N–H and O–H groups in total. The Morgan fingerprint density at radius 3 is 2.84 bits per heavy atom. The van der Waals surface area contributed by atoms with Crippen LogP contribution >= 0.6 is 15.9 Å². The number of carbonyl (C=O) groups is 1. The van der Waals surface area contributed by atoms with Crippen LogP contribution in [0.25, 0.3) is 0 Å². The summed E-state index contributed by atoms with van der Waals surface area (Å²) >= 11 is 3.03. The highest BCUT2D eigenvalue weighted by atomic mass is 79.9. The number of carbonyl (C=O) groups excluding carboxylic acids is 1. The van der Waals surface area contributed by atoms with Gasteiger partial charge in [0.15, 0.2) is 0 Å². The first-order valence-electron chi connectivity index (χ1n) is 7.16. The van der Waals surface area contributed by atoms with Crippen molar-refractivity contribution < 1.29 is 14.8 Å². The van der Waals surface area contributed by atoms with Crippen LogP contribution in [-0.2, 0) is 4.79 Å². The highest BCUT2D eigenvalue weighted by Gasteiger charge is 2.13. The Labute approximate surface area is 151 Å². The van der Waals surface area contributed by atoms with Crippen molar-refractivity contribution in [2.75, 3.05) is 11.9 Å². The predicted molar refractivity (Wildman–Crippen MR) is 97.9 cm³/mol. The molecule has 0 aromatic heterocycles. The molecule has 8 nitrogen and oxygen atoms in total. The van der Waals surface area contributed by atoms with E-state index in [9.17, 15) is 20.0 Å². The first kappa shape index (κ1) is 18.4. The van der Waals surface area contributed by atoms with Crippen molar-refractivity contribution in [3.05, 3.63) is 62.1 Å². The number of aromatic hydroxyl groups is 1. The van der Waals surface area contributed by atoms with Crippen LogP contribution < -0.4 is 10.7 Å². The number of nitro groups is 1. The Kier molecular flexibility index (Phi) is 6.07. The molecule has 2 aromatic carbocycles. The van der Waals surface area contributed by atoms with Gasteiger partial charge in [-0.3, -0.25) is 14.9 Å². The SMILES string of the molecule is Cc1cccc(NCC(=O)NN=Cc2cc([N+](=O)[O-])cc(Br)c2O)c1. The van der Waals surface area contributed by atoms with Crippen molar-refractivity contribution in [1.29, 1.82) is 0 Å². The largest absolute Gasteiger partial charge is 0.506 e. The minimum Gasteiger partial charge on any atom is -0.506 e.